The highest BCUT2D eigenvalue weighted by Gasteiger charge is 2.21. The van der Waals surface area contributed by atoms with Gasteiger partial charge in [-0.25, -0.2) is 0 Å². The van der Waals surface area contributed by atoms with Gasteiger partial charge in [-0.15, -0.1) is 0 Å². The van der Waals surface area contributed by atoms with E-state index in [1.807, 2.05) is 0 Å². The molecule has 3 N–H and O–H groups in total. The number of nitrogens with two attached hydrogens (primary N) is 1. The molecule has 0 unspecified atom stereocenters. The molecule has 4 nitrogen and oxygen atoms in total. The molecule has 1 aromatic heterocycles. The summed E-state index contributed by atoms with van der Waals surface area (Å²) in [5, 5.41) is 12.4. The largest absolute Gasteiger partial charge is 0.385 e. The molecule has 0 amide bonds. The molecule has 2 aromatic rings. The highest BCUT2D eigenvalue weighted by Crippen LogP contribution is 2.32. The Labute approximate surface area is 144 Å². The van der Waals surface area contributed by atoms with Crippen LogP contribution in [0.4, 0.5) is 0 Å². The highest BCUT2D eigenvalue weighted by atomic mass is 16.5. The van der Waals surface area contributed by atoms with Gasteiger partial charge in [-0.1, -0.05) is 24.3 Å². The zero-order valence-corrected chi connectivity index (χ0v) is 14.7. The summed E-state index contributed by atoms with van der Waals surface area (Å²) in [5.74, 6) is 0. The molecule has 0 radical (unpaired) electrons. The van der Waals surface area contributed by atoms with Gasteiger partial charge in [-0.2, -0.15) is 0 Å². The van der Waals surface area contributed by atoms with Gasteiger partial charge in [0.2, 0.25) is 0 Å². The molecule has 1 aliphatic carbocycles. The van der Waals surface area contributed by atoms with Crippen LogP contribution in [-0.2, 0) is 24.8 Å². The lowest BCUT2D eigenvalue weighted by Gasteiger charge is -2.26. The van der Waals surface area contributed by atoms with Gasteiger partial charge in [-0.3, -0.25) is 0 Å². The summed E-state index contributed by atoms with van der Waals surface area (Å²) in [6, 6.07) is 12.8. The normalized spacial score (nSPS) is 18.4. The quantitative estimate of drug-likeness (QED) is 0.814. The molecule has 0 spiro atoms. The van der Waals surface area contributed by atoms with Crippen LogP contribution in [0.25, 0.3) is 0 Å². The van der Waals surface area contributed by atoms with E-state index in [0.717, 1.165) is 25.8 Å². The zero-order valence-electron chi connectivity index (χ0n) is 14.7. The first-order valence-electron chi connectivity index (χ1n) is 8.95. The van der Waals surface area contributed by atoms with E-state index in [1.165, 1.54) is 22.5 Å². The van der Waals surface area contributed by atoms with E-state index in [0.29, 0.717) is 13.2 Å². The average molecular weight is 329 g/mol. The molecule has 24 heavy (non-hydrogen) atoms. The molecule has 0 fully saturated rings. The Morgan fingerprint density at radius 3 is 2.92 bits per heavy atom. The smallest absolute Gasteiger partial charge is 0.126 e. The van der Waals surface area contributed by atoms with Crippen molar-refractivity contribution >= 4 is 0 Å². The third-order valence-corrected chi connectivity index (χ3v) is 5.07. The van der Waals surface area contributed by atoms with Crippen LogP contribution in [0.5, 0.6) is 0 Å². The van der Waals surface area contributed by atoms with E-state index in [2.05, 4.69) is 60.3 Å². The summed E-state index contributed by atoms with van der Waals surface area (Å²) in [7, 11) is 2.08. The third kappa shape index (κ3) is 4.07. The zero-order chi connectivity index (χ0) is 16.9. The van der Waals surface area contributed by atoms with Crippen LogP contribution in [0.15, 0.2) is 36.4 Å². The Hall–Kier alpha value is -1.62. The Morgan fingerprint density at radius 2 is 2.12 bits per heavy atom. The summed E-state index contributed by atoms with van der Waals surface area (Å²) in [4.78, 5) is 0. The highest BCUT2D eigenvalue weighted by molar-refractivity contribution is 5.31. The van der Waals surface area contributed by atoms with Gasteiger partial charge in [0.05, 0.1) is 18.4 Å². The Balaban J connectivity index is 1.43. The lowest BCUT2D eigenvalue weighted by atomic mass is 9.89. The minimum absolute atomic E-state index is 0.139. The molecule has 0 bridgehead atoms. The molecule has 4 heteroatoms. The van der Waals surface area contributed by atoms with Crippen LogP contribution >= 0.6 is 0 Å². The van der Waals surface area contributed by atoms with Crippen molar-refractivity contribution in [1.82, 2.24) is 4.57 Å². The van der Waals surface area contributed by atoms with E-state index in [4.69, 9.17) is 4.74 Å². The lowest BCUT2D eigenvalue weighted by Crippen LogP contribution is -2.85. The van der Waals surface area contributed by atoms with Gasteiger partial charge in [0.15, 0.2) is 0 Å². The second-order valence-electron chi connectivity index (χ2n) is 6.82. The van der Waals surface area contributed by atoms with Crippen LogP contribution in [0, 0.1) is 6.92 Å². The molecule has 1 heterocycles. The first-order valence-corrected chi connectivity index (χ1v) is 8.95. The van der Waals surface area contributed by atoms with Crippen LogP contribution in [0.2, 0.25) is 0 Å². The number of aryl methyl sites for hydroxylation is 2. The second kappa shape index (κ2) is 7.97. The van der Waals surface area contributed by atoms with Gasteiger partial charge in [0.1, 0.15) is 19.2 Å². The maximum atomic E-state index is 10.2. The topological polar surface area (TPSA) is 51.0 Å². The monoisotopic (exact) mass is 329 g/mol. The lowest BCUT2D eigenvalue weighted by molar-refractivity contribution is -0.677. The van der Waals surface area contributed by atoms with Crippen molar-refractivity contribution in [2.75, 3.05) is 13.2 Å². The van der Waals surface area contributed by atoms with E-state index >= 15 is 0 Å². The minimum Gasteiger partial charge on any atom is -0.385 e. The molecule has 3 rings (SSSR count). The summed E-state index contributed by atoms with van der Waals surface area (Å²) >= 11 is 0. The fourth-order valence-electron chi connectivity index (χ4n) is 3.47. The van der Waals surface area contributed by atoms with Crippen molar-refractivity contribution in [3.63, 3.8) is 0 Å². The Kier molecular flexibility index (Phi) is 5.72. The van der Waals surface area contributed by atoms with E-state index in [-0.39, 0.29) is 6.10 Å². The van der Waals surface area contributed by atoms with E-state index in [9.17, 15) is 5.11 Å². The SMILES string of the molecule is Cc1ccc(C[NH2+]C[C@H](O)CO[C@@H]2CCCc3ccccc32)n1C. The molecule has 0 aliphatic heterocycles. The maximum Gasteiger partial charge on any atom is 0.126 e. The number of aliphatic hydroxyl groups excluding tert-OH is 1. The van der Waals surface area contributed by atoms with Crippen molar-refractivity contribution in [3.05, 3.63) is 58.9 Å². The number of hydrogen-bond donors (Lipinski definition) is 2. The Bertz CT molecular complexity index is 665. The molecular formula is C20H29N2O2+. The first-order chi connectivity index (χ1) is 11.6. The fourth-order valence-corrected chi connectivity index (χ4v) is 3.47. The number of quaternary nitrogens is 1. The van der Waals surface area contributed by atoms with Crippen molar-refractivity contribution in [3.8, 4) is 0 Å². The number of nitrogens with zero attached hydrogens (tertiary/aromatic N) is 1. The van der Waals surface area contributed by atoms with Crippen LogP contribution in [-0.4, -0.2) is 28.9 Å². The van der Waals surface area contributed by atoms with Gasteiger partial charge in [-0.05, 0) is 49.4 Å². The van der Waals surface area contributed by atoms with Crippen LogP contribution in [0.3, 0.4) is 0 Å². The maximum absolute atomic E-state index is 10.2. The molecule has 0 saturated carbocycles. The van der Waals surface area contributed by atoms with Gasteiger partial charge >= 0.3 is 0 Å². The number of aromatic nitrogens is 1. The van der Waals surface area contributed by atoms with Crippen molar-refractivity contribution < 1.29 is 15.2 Å². The average Bonchev–Trinajstić information content (AvgIpc) is 2.92. The fraction of sp³-hybridized carbons (Fsp3) is 0.500. The summed E-state index contributed by atoms with van der Waals surface area (Å²) in [5.41, 5.74) is 5.24. The summed E-state index contributed by atoms with van der Waals surface area (Å²) < 4.78 is 8.22. The van der Waals surface area contributed by atoms with Crippen molar-refractivity contribution in [2.24, 2.45) is 7.05 Å². The number of fused-ring (bicyclic) bond motifs is 1. The number of aliphatic hydroxyl groups is 1. The standard InChI is InChI=1S/C20H28N2O2/c1-15-10-11-17(22(15)2)12-21-13-18(23)14-24-20-9-5-7-16-6-3-4-8-19(16)20/h3-4,6,8,10-11,18,20-21,23H,5,7,9,12-14H2,1-2H3/p+1/t18-,20+/m0/s1. The minimum atomic E-state index is -0.430. The van der Waals surface area contributed by atoms with Gasteiger partial charge in [0.25, 0.3) is 0 Å². The first kappa shape index (κ1) is 17.2. The van der Waals surface area contributed by atoms with Gasteiger partial charge < -0.3 is 19.7 Å². The van der Waals surface area contributed by atoms with Crippen LogP contribution < -0.4 is 5.32 Å². The number of ether oxygens (including phenoxy) is 1. The molecular weight excluding hydrogens is 300 g/mol. The number of hydrogen-bond acceptors (Lipinski definition) is 2. The van der Waals surface area contributed by atoms with E-state index < -0.39 is 6.10 Å². The van der Waals surface area contributed by atoms with Crippen LogP contribution in [0.1, 0.15) is 41.5 Å². The predicted molar refractivity (Wildman–Crippen MR) is 94.7 cm³/mol. The molecule has 0 saturated heterocycles. The molecule has 130 valence electrons. The van der Waals surface area contributed by atoms with Crippen molar-refractivity contribution in [1.29, 1.82) is 0 Å². The molecule has 2 atom stereocenters. The van der Waals surface area contributed by atoms with Crippen molar-refractivity contribution in [2.45, 2.75) is 44.9 Å². The Morgan fingerprint density at radius 1 is 1.29 bits per heavy atom. The predicted octanol–water partition coefficient (Wildman–Crippen LogP) is 1.85. The van der Waals surface area contributed by atoms with E-state index in [1.54, 1.807) is 0 Å². The van der Waals surface area contributed by atoms with Gasteiger partial charge in [0, 0.05) is 12.7 Å². The summed E-state index contributed by atoms with van der Waals surface area (Å²) in [6.45, 7) is 4.06. The number of benzene rings is 1. The molecule has 1 aromatic carbocycles. The third-order valence-electron chi connectivity index (χ3n) is 5.07. The second-order valence-corrected chi connectivity index (χ2v) is 6.82. The number of rotatable bonds is 7. The molecule has 1 aliphatic rings. The summed E-state index contributed by atoms with van der Waals surface area (Å²) in [6.07, 6.45) is 3.07.